The van der Waals surface area contributed by atoms with Gasteiger partial charge in [-0.25, -0.2) is 0 Å². The molecule has 0 radical (unpaired) electrons. The summed E-state index contributed by atoms with van der Waals surface area (Å²) in [6.45, 7) is 4.66. The van der Waals surface area contributed by atoms with Crippen LogP contribution in [0, 0.1) is 17.2 Å². The molecule has 0 amide bonds. The van der Waals surface area contributed by atoms with Gasteiger partial charge in [0.1, 0.15) is 11.8 Å². The molecule has 0 aliphatic heterocycles. The Balaban J connectivity index is 1.85. The van der Waals surface area contributed by atoms with E-state index < -0.39 is 0 Å². The molecule has 1 unspecified atom stereocenters. The van der Waals surface area contributed by atoms with Crippen LogP contribution in [0.15, 0.2) is 24.3 Å². The highest BCUT2D eigenvalue weighted by Crippen LogP contribution is 2.26. The molecule has 1 aromatic rings. The Morgan fingerprint density at radius 2 is 1.90 bits per heavy atom. The highest BCUT2D eigenvalue weighted by molar-refractivity contribution is 5.29. The average molecular weight is 272 g/mol. The van der Waals surface area contributed by atoms with Gasteiger partial charge in [0.05, 0.1) is 0 Å². The van der Waals surface area contributed by atoms with E-state index in [1.165, 1.54) is 31.2 Å². The zero-order valence-electron chi connectivity index (χ0n) is 12.4. The van der Waals surface area contributed by atoms with Crippen LogP contribution in [-0.2, 0) is 0 Å². The molecule has 1 N–H and O–H groups in total. The van der Waals surface area contributed by atoms with Crippen molar-refractivity contribution in [1.29, 1.82) is 5.26 Å². The maximum absolute atomic E-state index is 8.49. The average Bonchev–Trinajstić information content (AvgIpc) is 2.48. The number of benzene rings is 1. The second-order valence-corrected chi connectivity index (χ2v) is 5.86. The van der Waals surface area contributed by atoms with Crippen LogP contribution in [0.2, 0.25) is 0 Å². The summed E-state index contributed by atoms with van der Waals surface area (Å²) >= 11 is 0. The van der Waals surface area contributed by atoms with E-state index in [9.17, 15) is 0 Å². The van der Waals surface area contributed by atoms with Gasteiger partial charge < -0.3 is 10.1 Å². The summed E-state index contributed by atoms with van der Waals surface area (Å²) in [5.74, 6) is 1.65. The third kappa shape index (κ3) is 4.25. The van der Waals surface area contributed by atoms with Gasteiger partial charge in [-0.15, -0.1) is 0 Å². The Morgan fingerprint density at radius 1 is 1.25 bits per heavy atom. The van der Waals surface area contributed by atoms with E-state index in [0.717, 1.165) is 11.7 Å². The third-order valence-electron chi connectivity index (χ3n) is 4.19. The molecule has 0 saturated heterocycles. The molecule has 1 fully saturated rings. The highest BCUT2D eigenvalue weighted by Gasteiger charge is 2.19. The van der Waals surface area contributed by atoms with Crippen LogP contribution >= 0.6 is 0 Å². The first-order chi connectivity index (χ1) is 9.69. The summed E-state index contributed by atoms with van der Waals surface area (Å²) in [5.41, 5.74) is 1.27. The Bertz CT molecular complexity index is 441. The Labute approximate surface area is 121 Å². The van der Waals surface area contributed by atoms with E-state index in [0.29, 0.717) is 12.1 Å². The molecule has 0 spiro atoms. The summed E-state index contributed by atoms with van der Waals surface area (Å²) in [4.78, 5) is 0. The van der Waals surface area contributed by atoms with Gasteiger partial charge in [-0.3, -0.25) is 0 Å². The number of hydrogen-bond acceptors (Lipinski definition) is 3. The van der Waals surface area contributed by atoms with Crippen LogP contribution in [0.5, 0.6) is 5.75 Å². The molecule has 1 atom stereocenters. The first-order valence-corrected chi connectivity index (χ1v) is 7.55. The van der Waals surface area contributed by atoms with Crippen molar-refractivity contribution in [2.75, 3.05) is 6.61 Å². The molecular weight excluding hydrogens is 248 g/mol. The predicted molar refractivity (Wildman–Crippen MR) is 80.5 cm³/mol. The molecule has 2 rings (SSSR count). The minimum absolute atomic E-state index is 0.105. The van der Waals surface area contributed by atoms with Crippen LogP contribution in [0.3, 0.4) is 0 Å². The molecule has 1 aromatic carbocycles. The Kier molecular flexibility index (Phi) is 5.43. The lowest BCUT2D eigenvalue weighted by Crippen LogP contribution is -2.34. The lowest BCUT2D eigenvalue weighted by Gasteiger charge is -2.29. The van der Waals surface area contributed by atoms with Crippen LogP contribution in [0.1, 0.15) is 51.1 Å². The number of hydrogen-bond donors (Lipinski definition) is 1. The molecule has 1 aliphatic rings. The summed E-state index contributed by atoms with van der Waals surface area (Å²) in [5, 5.41) is 12.2. The molecule has 0 aromatic heterocycles. The van der Waals surface area contributed by atoms with Gasteiger partial charge in [0.25, 0.3) is 0 Å². The first kappa shape index (κ1) is 14.9. The molecular formula is C17H24N2O. The van der Waals surface area contributed by atoms with E-state index in [2.05, 4.69) is 31.3 Å². The fourth-order valence-electron chi connectivity index (χ4n) is 2.84. The van der Waals surface area contributed by atoms with Gasteiger partial charge in [-0.1, -0.05) is 19.1 Å². The molecule has 0 heterocycles. The van der Waals surface area contributed by atoms with Gasteiger partial charge in [0, 0.05) is 12.1 Å². The second-order valence-electron chi connectivity index (χ2n) is 5.86. The number of nitriles is 1. The van der Waals surface area contributed by atoms with E-state index in [1.54, 1.807) is 0 Å². The summed E-state index contributed by atoms with van der Waals surface area (Å²) in [7, 11) is 0. The minimum Gasteiger partial charge on any atom is -0.479 e. The smallest absolute Gasteiger partial charge is 0.174 e. The van der Waals surface area contributed by atoms with Crippen molar-refractivity contribution in [2.45, 2.75) is 51.6 Å². The zero-order chi connectivity index (χ0) is 14.4. The molecule has 1 saturated carbocycles. The SMILES string of the molecule is CC1CCC(NC(C)c2ccc(OCC#N)cc2)CC1. The highest BCUT2D eigenvalue weighted by atomic mass is 16.5. The minimum atomic E-state index is 0.105. The van der Waals surface area contributed by atoms with Crippen molar-refractivity contribution in [3.05, 3.63) is 29.8 Å². The lowest BCUT2D eigenvalue weighted by atomic mass is 9.87. The number of ether oxygens (including phenoxy) is 1. The van der Waals surface area contributed by atoms with Gasteiger partial charge in [-0.05, 0) is 56.2 Å². The van der Waals surface area contributed by atoms with E-state index in [-0.39, 0.29) is 6.61 Å². The summed E-state index contributed by atoms with van der Waals surface area (Å²) < 4.78 is 5.27. The number of nitrogens with one attached hydrogen (secondary N) is 1. The van der Waals surface area contributed by atoms with Gasteiger partial charge >= 0.3 is 0 Å². The molecule has 108 valence electrons. The monoisotopic (exact) mass is 272 g/mol. The first-order valence-electron chi connectivity index (χ1n) is 7.55. The van der Waals surface area contributed by atoms with Gasteiger partial charge in [0.15, 0.2) is 6.61 Å². The Morgan fingerprint density at radius 3 is 2.50 bits per heavy atom. The zero-order valence-corrected chi connectivity index (χ0v) is 12.4. The summed E-state index contributed by atoms with van der Waals surface area (Å²) in [6.07, 6.45) is 5.25. The quantitative estimate of drug-likeness (QED) is 0.886. The second kappa shape index (κ2) is 7.31. The lowest BCUT2D eigenvalue weighted by molar-refractivity contribution is 0.291. The van der Waals surface area contributed by atoms with Crippen molar-refractivity contribution in [3.8, 4) is 11.8 Å². The van der Waals surface area contributed by atoms with Crippen molar-refractivity contribution in [3.63, 3.8) is 0 Å². The molecule has 1 aliphatic carbocycles. The molecule has 3 heteroatoms. The van der Waals surface area contributed by atoms with Crippen LogP contribution in [0.4, 0.5) is 0 Å². The number of nitrogens with zero attached hydrogens (tertiary/aromatic N) is 1. The van der Waals surface area contributed by atoms with Gasteiger partial charge in [0.2, 0.25) is 0 Å². The summed E-state index contributed by atoms with van der Waals surface area (Å²) in [6, 6.07) is 11.0. The van der Waals surface area contributed by atoms with E-state index in [4.69, 9.17) is 10.00 Å². The molecule has 3 nitrogen and oxygen atoms in total. The number of rotatable bonds is 5. The van der Waals surface area contributed by atoms with Crippen LogP contribution in [0.25, 0.3) is 0 Å². The standard InChI is InChI=1S/C17H24N2O/c1-13-3-7-16(8-4-13)19-14(2)15-5-9-17(10-6-15)20-12-11-18/h5-6,9-10,13-14,16,19H,3-4,7-8,12H2,1-2H3. The fraction of sp³-hybridized carbons (Fsp3) is 0.588. The molecule has 0 bridgehead atoms. The van der Waals surface area contributed by atoms with Gasteiger partial charge in [-0.2, -0.15) is 5.26 Å². The van der Waals surface area contributed by atoms with Crippen molar-refractivity contribution in [2.24, 2.45) is 5.92 Å². The van der Waals surface area contributed by atoms with E-state index in [1.807, 2.05) is 18.2 Å². The third-order valence-corrected chi connectivity index (χ3v) is 4.19. The van der Waals surface area contributed by atoms with Crippen molar-refractivity contribution < 1.29 is 4.74 Å². The molecule has 20 heavy (non-hydrogen) atoms. The predicted octanol–water partition coefficient (Wildman–Crippen LogP) is 3.82. The largest absolute Gasteiger partial charge is 0.479 e. The van der Waals surface area contributed by atoms with Crippen LogP contribution in [-0.4, -0.2) is 12.6 Å². The maximum atomic E-state index is 8.49. The fourth-order valence-corrected chi connectivity index (χ4v) is 2.84. The van der Waals surface area contributed by atoms with E-state index >= 15 is 0 Å². The van der Waals surface area contributed by atoms with Crippen molar-refractivity contribution in [1.82, 2.24) is 5.32 Å². The van der Waals surface area contributed by atoms with Crippen LogP contribution < -0.4 is 10.1 Å². The van der Waals surface area contributed by atoms with Crippen molar-refractivity contribution >= 4 is 0 Å². The normalized spacial score (nSPS) is 23.9. The topological polar surface area (TPSA) is 45.0 Å². The maximum Gasteiger partial charge on any atom is 0.174 e. The Hall–Kier alpha value is -1.53.